The number of hydrogen-bond donors (Lipinski definition) is 1. The molecule has 5 nitrogen and oxygen atoms in total. The van der Waals surface area contributed by atoms with E-state index in [0.29, 0.717) is 11.5 Å². The van der Waals surface area contributed by atoms with Gasteiger partial charge in [0.15, 0.2) is 0 Å². The van der Waals surface area contributed by atoms with Crippen LogP contribution >= 0.6 is 0 Å². The first kappa shape index (κ1) is 17.3. The first-order valence-corrected chi connectivity index (χ1v) is 9.45. The van der Waals surface area contributed by atoms with Crippen LogP contribution in [0.25, 0.3) is 0 Å². The van der Waals surface area contributed by atoms with Crippen LogP contribution in [0.5, 0.6) is 0 Å². The van der Waals surface area contributed by atoms with Gasteiger partial charge in [-0.15, -0.1) is 0 Å². The van der Waals surface area contributed by atoms with Crippen LogP contribution in [0.15, 0.2) is 6.07 Å². The molecule has 1 saturated heterocycles. The molecule has 0 aromatic carbocycles. The molecular formula is C19H30N4O. The van der Waals surface area contributed by atoms with Crippen molar-refractivity contribution in [3.8, 4) is 0 Å². The quantitative estimate of drug-likeness (QED) is 0.922. The molecule has 2 aliphatic rings. The molecule has 1 aromatic rings. The predicted octanol–water partition coefficient (Wildman–Crippen LogP) is 3.01. The largest absolute Gasteiger partial charge is 0.349 e. The highest BCUT2D eigenvalue weighted by molar-refractivity contribution is 5.92. The zero-order valence-electron chi connectivity index (χ0n) is 15.1. The molecule has 3 rings (SSSR count). The van der Waals surface area contributed by atoms with Crippen molar-refractivity contribution in [2.75, 3.05) is 19.6 Å². The van der Waals surface area contributed by atoms with Crippen molar-refractivity contribution in [1.29, 1.82) is 0 Å². The highest BCUT2D eigenvalue weighted by Gasteiger charge is 2.38. The highest BCUT2D eigenvalue weighted by atomic mass is 16.1. The smallest absolute Gasteiger partial charge is 0.270 e. The molecule has 2 fully saturated rings. The summed E-state index contributed by atoms with van der Waals surface area (Å²) in [6.07, 6.45) is 10.2. The Hall–Kier alpha value is -1.49. The Balaban J connectivity index is 1.69. The molecule has 5 heteroatoms. The zero-order valence-corrected chi connectivity index (χ0v) is 15.1. The lowest BCUT2D eigenvalue weighted by molar-refractivity contribution is 0.0326. The number of rotatable bonds is 4. The Labute approximate surface area is 145 Å². The number of carbonyl (C=O) groups is 1. The van der Waals surface area contributed by atoms with Gasteiger partial charge in [0, 0.05) is 17.8 Å². The van der Waals surface area contributed by atoms with E-state index >= 15 is 0 Å². The van der Waals surface area contributed by atoms with Crippen molar-refractivity contribution in [2.24, 2.45) is 0 Å². The molecule has 0 spiro atoms. The van der Waals surface area contributed by atoms with Gasteiger partial charge in [-0.1, -0.05) is 25.7 Å². The van der Waals surface area contributed by atoms with Crippen LogP contribution in [-0.2, 0) is 0 Å². The molecule has 1 aliphatic heterocycles. The summed E-state index contributed by atoms with van der Waals surface area (Å²) in [7, 11) is 0. The molecule has 1 N–H and O–H groups in total. The fourth-order valence-corrected chi connectivity index (χ4v) is 4.35. The number of hydrogen-bond acceptors (Lipinski definition) is 4. The highest BCUT2D eigenvalue weighted by Crippen LogP contribution is 2.35. The number of aromatic nitrogens is 2. The summed E-state index contributed by atoms with van der Waals surface area (Å²) in [5.41, 5.74) is 1.49. The van der Waals surface area contributed by atoms with Crippen molar-refractivity contribution in [3.05, 3.63) is 23.3 Å². The van der Waals surface area contributed by atoms with E-state index in [1.807, 2.05) is 13.8 Å². The third-order valence-electron chi connectivity index (χ3n) is 5.59. The topological polar surface area (TPSA) is 58.1 Å². The lowest BCUT2D eigenvalue weighted by Gasteiger charge is -2.48. The van der Waals surface area contributed by atoms with Gasteiger partial charge < -0.3 is 5.32 Å². The van der Waals surface area contributed by atoms with Gasteiger partial charge in [-0.3, -0.25) is 9.69 Å². The minimum Gasteiger partial charge on any atom is -0.349 e. The Bertz CT molecular complexity index is 554. The van der Waals surface area contributed by atoms with Gasteiger partial charge in [0.2, 0.25) is 0 Å². The zero-order chi connectivity index (χ0) is 17.0. The maximum atomic E-state index is 12.6. The first-order valence-electron chi connectivity index (χ1n) is 9.45. The lowest BCUT2D eigenvalue weighted by atomic mass is 9.79. The van der Waals surface area contributed by atoms with E-state index in [0.717, 1.165) is 12.2 Å². The van der Waals surface area contributed by atoms with Crippen LogP contribution in [0.2, 0.25) is 0 Å². The summed E-state index contributed by atoms with van der Waals surface area (Å²) in [4.78, 5) is 23.8. The number of nitrogens with zero attached hydrogens (tertiary/aromatic N) is 3. The molecule has 132 valence electrons. The molecule has 1 aromatic heterocycles. The van der Waals surface area contributed by atoms with Crippen LogP contribution in [-0.4, -0.2) is 45.9 Å². The second-order valence-electron chi connectivity index (χ2n) is 7.46. The number of nitrogens with one attached hydrogen (secondary N) is 1. The summed E-state index contributed by atoms with van der Waals surface area (Å²) < 4.78 is 0. The van der Waals surface area contributed by atoms with Crippen LogP contribution in [0.4, 0.5) is 0 Å². The lowest BCUT2D eigenvalue weighted by Crippen LogP contribution is -2.58. The van der Waals surface area contributed by atoms with Gasteiger partial charge in [-0.05, 0) is 58.7 Å². The Morgan fingerprint density at radius 1 is 1.08 bits per heavy atom. The molecule has 1 amide bonds. The van der Waals surface area contributed by atoms with Gasteiger partial charge in [-0.25, -0.2) is 9.97 Å². The van der Waals surface area contributed by atoms with E-state index in [9.17, 15) is 4.79 Å². The van der Waals surface area contributed by atoms with Crippen molar-refractivity contribution >= 4 is 5.91 Å². The Kier molecular flexibility index (Phi) is 5.49. The maximum absolute atomic E-state index is 12.6. The van der Waals surface area contributed by atoms with Crippen molar-refractivity contribution < 1.29 is 4.79 Å². The number of likely N-dealkylation sites (tertiary alicyclic amines) is 1. The van der Waals surface area contributed by atoms with Gasteiger partial charge in [0.05, 0.1) is 0 Å². The van der Waals surface area contributed by atoms with Gasteiger partial charge in [0.25, 0.3) is 5.91 Å². The van der Waals surface area contributed by atoms with Crippen LogP contribution < -0.4 is 5.32 Å². The molecular weight excluding hydrogens is 300 g/mol. The average Bonchev–Trinajstić information content (AvgIpc) is 2.60. The van der Waals surface area contributed by atoms with E-state index in [2.05, 4.69) is 20.2 Å². The van der Waals surface area contributed by atoms with Crippen LogP contribution in [0.3, 0.4) is 0 Å². The van der Waals surface area contributed by atoms with E-state index < -0.39 is 0 Å². The third-order valence-corrected chi connectivity index (χ3v) is 5.59. The first-order chi connectivity index (χ1) is 11.6. The molecule has 0 atom stereocenters. The molecule has 0 unspecified atom stereocenters. The summed E-state index contributed by atoms with van der Waals surface area (Å²) in [5, 5.41) is 3.19. The van der Waals surface area contributed by atoms with E-state index in [4.69, 9.17) is 0 Å². The maximum Gasteiger partial charge on any atom is 0.270 e. The number of piperidine rings is 1. The van der Waals surface area contributed by atoms with E-state index in [1.54, 1.807) is 6.07 Å². The van der Waals surface area contributed by atoms with Gasteiger partial charge >= 0.3 is 0 Å². The summed E-state index contributed by atoms with van der Waals surface area (Å²) in [6.45, 7) is 6.85. The summed E-state index contributed by atoms with van der Waals surface area (Å²) in [6, 6.07) is 1.77. The summed E-state index contributed by atoms with van der Waals surface area (Å²) in [5.74, 6) is 0.592. The molecule has 1 saturated carbocycles. The standard InChI is InChI=1S/C19H30N4O/c1-15-13-17(22-16(2)21-15)18(24)20-14-19(9-5-3-6-10-19)23-11-7-4-8-12-23/h13H,3-12,14H2,1-2H3,(H,20,24). The predicted molar refractivity (Wildman–Crippen MR) is 95.1 cm³/mol. The molecule has 0 bridgehead atoms. The van der Waals surface area contributed by atoms with Crippen molar-refractivity contribution in [2.45, 2.75) is 70.8 Å². The monoisotopic (exact) mass is 330 g/mol. The van der Waals surface area contributed by atoms with Crippen LogP contribution in [0.1, 0.15) is 73.4 Å². The normalized spacial score (nSPS) is 21.4. The number of carbonyl (C=O) groups excluding carboxylic acids is 1. The third kappa shape index (κ3) is 3.94. The van der Waals surface area contributed by atoms with E-state index in [-0.39, 0.29) is 11.4 Å². The van der Waals surface area contributed by atoms with Gasteiger partial charge in [0.1, 0.15) is 11.5 Å². The van der Waals surface area contributed by atoms with Crippen LogP contribution in [0, 0.1) is 13.8 Å². The average molecular weight is 330 g/mol. The van der Waals surface area contributed by atoms with Crippen molar-refractivity contribution in [3.63, 3.8) is 0 Å². The van der Waals surface area contributed by atoms with Crippen molar-refractivity contribution in [1.82, 2.24) is 20.2 Å². The fraction of sp³-hybridized carbons (Fsp3) is 0.737. The Morgan fingerprint density at radius 2 is 1.75 bits per heavy atom. The Morgan fingerprint density at radius 3 is 2.42 bits per heavy atom. The molecule has 0 radical (unpaired) electrons. The second kappa shape index (κ2) is 7.60. The number of amides is 1. The second-order valence-corrected chi connectivity index (χ2v) is 7.46. The molecule has 1 aliphatic carbocycles. The minimum atomic E-state index is -0.0643. The minimum absolute atomic E-state index is 0.0643. The SMILES string of the molecule is Cc1cc(C(=O)NCC2(N3CCCCC3)CCCCC2)nc(C)n1. The number of aryl methyl sites for hydroxylation is 2. The molecule has 24 heavy (non-hydrogen) atoms. The fourth-order valence-electron chi connectivity index (χ4n) is 4.35. The summed E-state index contributed by atoms with van der Waals surface area (Å²) >= 11 is 0. The van der Waals surface area contributed by atoms with Gasteiger partial charge in [-0.2, -0.15) is 0 Å². The molecule has 2 heterocycles. The van der Waals surface area contributed by atoms with E-state index in [1.165, 1.54) is 64.5 Å².